The van der Waals surface area contributed by atoms with E-state index < -0.39 is 0 Å². The lowest BCUT2D eigenvalue weighted by atomic mass is 9.88. The highest BCUT2D eigenvalue weighted by Gasteiger charge is 2.42. The van der Waals surface area contributed by atoms with E-state index in [0.717, 1.165) is 6.61 Å². The molecule has 1 spiro atoms. The summed E-state index contributed by atoms with van der Waals surface area (Å²) in [4.78, 5) is 0. The Balaban J connectivity index is 1.75. The van der Waals surface area contributed by atoms with E-state index in [1.807, 2.05) is 0 Å². The summed E-state index contributed by atoms with van der Waals surface area (Å²) < 4.78 is 6.10. The minimum atomic E-state index is 0.259. The van der Waals surface area contributed by atoms with Gasteiger partial charge in [0, 0.05) is 5.92 Å². The lowest BCUT2D eigenvalue weighted by Gasteiger charge is -2.21. The predicted molar refractivity (Wildman–Crippen MR) is 65.7 cm³/mol. The molecule has 1 atom stereocenters. The smallest absolute Gasteiger partial charge is 0.0689 e. The molecule has 3 rings (SSSR count). The van der Waals surface area contributed by atoms with Gasteiger partial charge in [-0.15, -0.1) is 0 Å². The van der Waals surface area contributed by atoms with Gasteiger partial charge in [0.15, 0.2) is 0 Å². The van der Waals surface area contributed by atoms with Crippen molar-refractivity contribution in [1.82, 2.24) is 0 Å². The number of hydrogen-bond acceptors (Lipinski definition) is 1. The van der Waals surface area contributed by atoms with E-state index in [1.54, 1.807) is 0 Å². The van der Waals surface area contributed by atoms with E-state index in [0.29, 0.717) is 5.92 Å². The number of ether oxygens (including phenoxy) is 1. The van der Waals surface area contributed by atoms with Gasteiger partial charge in [-0.05, 0) is 31.7 Å². The normalized spacial score (nSPS) is 27.7. The zero-order valence-electron chi connectivity index (χ0n) is 10.0. The molecule has 0 aromatic heterocycles. The lowest BCUT2D eigenvalue weighted by molar-refractivity contribution is 0.0101. The summed E-state index contributed by atoms with van der Waals surface area (Å²) in [5.74, 6) is 0.638. The molecule has 1 saturated heterocycles. The number of rotatable bonds is 1. The van der Waals surface area contributed by atoms with Crippen LogP contribution in [-0.4, -0.2) is 12.2 Å². The quantitative estimate of drug-likeness (QED) is 0.693. The third-order valence-corrected chi connectivity index (χ3v) is 4.27. The van der Waals surface area contributed by atoms with Gasteiger partial charge < -0.3 is 4.74 Å². The highest BCUT2D eigenvalue weighted by molar-refractivity contribution is 5.26. The standard InChI is InChI=1S/C15H20O/c1-12-4-6-13(7-5-12)14-10-15(16-11-14)8-2-3-9-15/h4-7,14H,2-3,8-11H2,1H3. The van der Waals surface area contributed by atoms with Crippen molar-refractivity contribution in [2.75, 3.05) is 6.61 Å². The Morgan fingerprint density at radius 3 is 2.50 bits per heavy atom. The summed E-state index contributed by atoms with van der Waals surface area (Å²) in [5.41, 5.74) is 3.07. The second-order valence-electron chi connectivity index (χ2n) is 5.51. The maximum Gasteiger partial charge on any atom is 0.0689 e. The van der Waals surface area contributed by atoms with Crippen LogP contribution in [0.2, 0.25) is 0 Å². The molecule has 2 fully saturated rings. The molecule has 16 heavy (non-hydrogen) atoms. The van der Waals surface area contributed by atoms with Gasteiger partial charge in [0.05, 0.1) is 12.2 Å². The fourth-order valence-electron chi connectivity index (χ4n) is 3.26. The van der Waals surface area contributed by atoms with Crippen LogP contribution in [0.3, 0.4) is 0 Å². The first-order chi connectivity index (χ1) is 7.77. The number of aryl methyl sites for hydroxylation is 1. The first kappa shape index (κ1) is 10.3. The van der Waals surface area contributed by atoms with Crippen LogP contribution < -0.4 is 0 Å². The lowest BCUT2D eigenvalue weighted by Crippen LogP contribution is -2.22. The monoisotopic (exact) mass is 216 g/mol. The van der Waals surface area contributed by atoms with Crippen LogP contribution >= 0.6 is 0 Å². The van der Waals surface area contributed by atoms with Gasteiger partial charge >= 0.3 is 0 Å². The van der Waals surface area contributed by atoms with Gasteiger partial charge in [0.1, 0.15) is 0 Å². The van der Waals surface area contributed by atoms with Gasteiger partial charge in [0.2, 0.25) is 0 Å². The summed E-state index contributed by atoms with van der Waals surface area (Å²) in [6, 6.07) is 8.98. The van der Waals surface area contributed by atoms with Crippen molar-refractivity contribution in [2.24, 2.45) is 0 Å². The molecule has 1 heterocycles. The summed E-state index contributed by atoms with van der Waals surface area (Å²) in [6.45, 7) is 3.08. The molecule has 1 aromatic carbocycles. The Morgan fingerprint density at radius 1 is 1.12 bits per heavy atom. The Morgan fingerprint density at radius 2 is 1.81 bits per heavy atom. The Labute approximate surface area is 97.8 Å². The molecule has 1 aliphatic carbocycles. The summed E-state index contributed by atoms with van der Waals surface area (Å²) >= 11 is 0. The van der Waals surface area contributed by atoms with E-state index in [-0.39, 0.29) is 5.60 Å². The maximum atomic E-state index is 6.10. The second-order valence-corrected chi connectivity index (χ2v) is 5.51. The molecule has 0 radical (unpaired) electrons. The Bertz CT molecular complexity index is 360. The molecule has 1 heteroatoms. The third kappa shape index (κ3) is 1.78. The zero-order chi connectivity index (χ0) is 11.0. The molecule has 1 aromatic rings. The van der Waals surface area contributed by atoms with Crippen LogP contribution in [0.5, 0.6) is 0 Å². The molecular formula is C15H20O. The second kappa shape index (κ2) is 3.89. The Hall–Kier alpha value is -0.820. The van der Waals surface area contributed by atoms with E-state index in [2.05, 4.69) is 31.2 Å². The summed E-state index contributed by atoms with van der Waals surface area (Å²) in [5, 5.41) is 0. The van der Waals surface area contributed by atoms with Crippen molar-refractivity contribution in [1.29, 1.82) is 0 Å². The fourth-order valence-corrected chi connectivity index (χ4v) is 3.26. The van der Waals surface area contributed by atoms with Crippen LogP contribution in [0.4, 0.5) is 0 Å². The van der Waals surface area contributed by atoms with Crippen molar-refractivity contribution < 1.29 is 4.74 Å². The molecule has 1 unspecified atom stereocenters. The van der Waals surface area contributed by atoms with Crippen LogP contribution in [0.25, 0.3) is 0 Å². The average molecular weight is 216 g/mol. The first-order valence-corrected chi connectivity index (χ1v) is 6.48. The van der Waals surface area contributed by atoms with Gasteiger partial charge in [-0.3, -0.25) is 0 Å². The van der Waals surface area contributed by atoms with Crippen molar-refractivity contribution in [3.8, 4) is 0 Å². The minimum absolute atomic E-state index is 0.259. The zero-order valence-corrected chi connectivity index (χ0v) is 10.0. The third-order valence-electron chi connectivity index (χ3n) is 4.27. The molecule has 0 amide bonds. The van der Waals surface area contributed by atoms with E-state index in [9.17, 15) is 0 Å². The largest absolute Gasteiger partial charge is 0.374 e. The van der Waals surface area contributed by atoms with E-state index in [1.165, 1.54) is 43.2 Å². The molecule has 2 aliphatic rings. The van der Waals surface area contributed by atoms with Crippen molar-refractivity contribution in [3.63, 3.8) is 0 Å². The van der Waals surface area contributed by atoms with Gasteiger partial charge in [0.25, 0.3) is 0 Å². The molecule has 1 saturated carbocycles. The van der Waals surface area contributed by atoms with Crippen molar-refractivity contribution in [2.45, 2.75) is 50.5 Å². The fraction of sp³-hybridized carbons (Fsp3) is 0.600. The minimum Gasteiger partial charge on any atom is -0.374 e. The Kier molecular flexibility index (Phi) is 2.51. The van der Waals surface area contributed by atoms with Gasteiger partial charge in [-0.2, -0.15) is 0 Å². The first-order valence-electron chi connectivity index (χ1n) is 6.48. The topological polar surface area (TPSA) is 9.23 Å². The maximum absolute atomic E-state index is 6.10. The molecule has 0 bridgehead atoms. The molecule has 0 N–H and O–H groups in total. The average Bonchev–Trinajstić information content (AvgIpc) is 2.91. The van der Waals surface area contributed by atoms with Crippen molar-refractivity contribution in [3.05, 3.63) is 35.4 Å². The van der Waals surface area contributed by atoms with Gasteiger partial charge in [-0.1, -0.05) is 42.7 Å². The van der Waals surface area contributed by atoms with E-state index >= 15 is 0 Å². The van der Waals surface area contributed by atoms with Gasteiger partial charge in [-0.25, -0.2) is 0 Å². The van der Waals surface area contributed by atoms with Crippen LogP contribution in [0.1, 0.15) is 49.1 Å². The van der Waals surface area contributed by atoms with Crippen LogP contribution in [0.15, 0.2) is 24.3 Å². The summed E-state index contributed by atoms with van der Waals surface area (Å²) in [6.07, 6.45) is 6.54. The van der Waals surface area contributed by atoms with Crippen LogP contribution in [0, 0.1) is 6.92 Å². The molecular weight excluding hydrogens is 196 g/mol. The SMILES string of the molecule is Cc1ccc(C2COC3(CCCC3)C2)cc1. The number of benzene rings is 1. The summed E-state index contributed by atoms with van der Waals surface area (Å²) in [7, 11) is 0. The van der Waals surface area contributed by atoms with Crippen molar-refractivity contribution >= 4 is 0 Å². The highest BCUT2D eigenvalue weighted by Crippen LogP contribution is 2.46. The number of hydrogen-bond donors (Lipinski definition) is 0. The van der Waals surface area contributed by atoms with E-state index in [4.69, 9.17) is 4.74 Å². The molecule has 86 valence electrons. The highest BCUT2D eigenvalue weighted by atomic mass is 16.5. The predicted octanol–water partition coefficient (Wildman–Crippen LogP) is 3.81. The molecule has 1 nitrogen and oxygen atoms in total. The van der Waals surface area contributed by atoms with Crippen LogP contribution in [-0.2, 0) is 4.74 Å². The molecule has 1 aliphatic heterocycles.